The van der Waals surface area contributed by atoms with Crippen LogP contribution >= 0.6 is 12.2 Å². The molecule has 0 aliphatic rings. The fourth-order valence-electron chi connectivity index (χ4n) is 2.71. The topological polar surface area (TPSA) is 71.9 Å². The number of halogens is 1. The second-order valence-electron chi connectivity index (χ2n) is 6.29. The van der Waals surface area contributed by atoms with E-state index in [9.17, 15) is 9.18 Å². The van der Waals surface area contributed by atoms with Gasteiger partial charge in [0.05, 0.1) is 6.61 Å². The Hall–Kier alpha value is -3.00. The standard InChI is InChI=1S/C20H21FN4O2S/c1-14-6-4-7-15(12-14)19-23-24-20(28)25(19)13-18(26)22-10-5-11-27-17-9-3-2-8-16(17)21/h2-4,6-9,12H,5,10-11,13H2,1H3,(H,22,26)(H,24,28). The van der Waals surface area contributed by atoms with Gasteiger partial charge in [0.15, 0.2) is 22.2 Å². The molecule has 0 bridgehead atoms. The molecule has 0 spiro atoms. The van der Waals surface area contributed by atoms with Crippen LogP contribution in [0, 0.1) is 17.5 Å². The number of amides is 1. The van der Waals surface area contributed by atoms with Crippen molar-refractivity contribution in [3.05, 3.63) is 64.7 Å². The number of nitrogens with one attached hydrogen (secondary N) is 2. The van der Waals surface area contributed by atoms with Crippen molar-refractivity contribution in [3.63, 3.8) is 0 Å². The van der Waals surface area contributed by atoms with E-state index >= 15 is 0 Å². The molecule has 8 heteroatoms. The Labute approximate surface area is 167 Å². The molecule has 0 aliphatic heterocycles. The van der Waals surface area contributed by atoms with Crippen LogP contribution < -0.4 is 10.1 Å². The molecule has 2 aromatic carbocycles. The molecule has 0 radical (unpaired) electrons. The van der Waals surface area contributed by atoms with Gasteiger partial charge in [-0.2, -0.15) is 5.10 Å². The molecule has 2 N–H and O–H groups in total. The molecule has 146 valence electrons. The average Bonchev–Trinajstić information content (AvgIpc) is 3.03. The van der Waals surface area contributed by atoms with Crippen molar-refractivity contribution in [2.75, 3.05) is 13.2 Å². The van der Waals surface area contributed by atoms with E-state index in [0.717, 1.165) is 11.1 Å². The second-order valence-corrected chi connectivity index (χ2v) is 6.68. The van der Waals surface area contributed by atoms with Crippen molar-refractivity contribution in [2.24, 2.45) is 0 Å². The molecule has 1 heterocycles. The van der Waals surface area contributed by atoms with Crippen LogP contribution in [-0.4, -0.2) is 33.8 Å². The SMILES string of the molecule is Cc1cccc(-c2n[nH]c(=S)n2CC(=O)NCCCOc2ccccc2F)c1. The molecular formula is C20H21FN4O2S. The summed E-state index contributed by atoms with van der Waals surface area (Å²) in [5.41, 5.74) is 1.98. The van der Waals surface area contributed by atoms with Gasteiger partial charge in [0.2, 0.25) is 5.91 Å². The predicted octanol–water partition coefficient (Wildman–Crippen LogP) is 3.64. The number of rotatable bonds is 8. The van der Waals surface area contributed by atoms with Crippen LogP contribution in [0.15, 0.2) is 48.5 Å². The lowest BCUT2D eigenvalue weighted by Gasteiger charge is -2.10. The third kappa shape index (κ3) is 5.04. The number of aromatic nitrogens is 3. The zero-order chi connectivity index (χ0) is 19.9. The summed E-state index contributed by atoms with van der Waals surface area (Å²) in [6.07, 6.45) is 0.557. The predicted molar refractivity (Wildman–Crippen MR) is 107 cm³/mol. The minimum atomic E-state index is -0.399. The zero-order valence-electron chi connectivity index (χ0n) is 15.4. The highest BCUT2D eigenvalue weighted by atomic mass is 32.1. The summed E-state index contributed by atoms with van der Waals surface area (Å²) in [5.74, 6) is 0.245. The van der Waals surface area contributed by atoms with Crippen LogP contribution in [0.4, 0.5) is 4.39 Å². The first kappa shape index (κ1) is 19.8. The fourth-order valence-corrected chi connectivity index (χ4v) is 2.91. The summed E-state index contributed by atoms with van der Waals surface area (Å²) in [6, 6.07) is 14.1. The van der Waals surface area contributed by atoms with Gasteiger partial charge >= 0.3 is 0 Å². The molecule has 0 saturated carbocycles. The number of H-pyrrole nitrogens is 1. The maximum atomic E-state index is 13.5. The van der Waals surface area contributed by atoms with Gasteiger partial charge in [0, 0.05) is 12.1 Å². The molecule has 0 unspecified atom stereocenters. The molecule has 28 heavy (non-hydrogen) atoms. The molecule has 0 aliphatic carbocycles. The first-order valence-corrected chi connectivity index (χ1v) is 9.31. The van der Waals surface area contributed by atoms with Crippen LogP contribution in [0.2, 0.25) is 0 Å². The Morgan fingerprint density at radius 2 is 2.11 bits per heavy atom. The molecule has 0 atom stereocenters. The number of carbonyl (C=O) groups is 1. The van der Waals surface area contributed by atoms with Gasteiger partial charge in [-0.1, -0.05) is 35.9 Å². The van der Waals surface area contributed by atoms with E-state index in [2.05, 4.69) is 15.5 Å². The zero-order valence-corrected chi connectivity index (χ0v) is 16.3. The highest BCUT2D eigenvalue weighted by Crippen LogP contribution is 2.18. The Morgan fingerprint density at radius 3 is 2.89 bits per heavy atom. The molecule has 3 rings (SSSR count). The normalized spacial score (nSPS) is 10.6. The van der Waals surface area contributed by atoms with E-state index in [1.54, 1.807) is 22.8 Å². The summed E-state index contributed by atoms with van der Waals surface area (Å²) in [4.78, 5) is 12.3. The maximum absolute atomic E-state index is 13.5. The van der Waals surface area contributed by atoms with Crippen molar-refractivity contribution >= 4 is 18.1 Å². The van der Waals surface area contributed by atoms with Crippen LogP contribution in [-0.2, 0) is 11.3 Å². The van der Waals surface area contributed by atoms with E-state index in [1.807, 2.05) is 31.2 Å². The number of benzene rings is 2. The van der Waals surface area contributed by atoms with Gasteiger partial charge in [-0.3, -0.25) is 14.5 Å². The van der Waals surface area contributed by atoms with Crippen molar-refractivity contribution < 1.29 is 13.9 Å². The number of nitrogens with zero attached hydrogens (tertiary/aromatic N) is 2. The van der Waals surface area contributed by atoms with Crippen molar-refractivity contribution in [1.29, 1.82) is 0 Å². The van der Waals surface area contributed by atoms with Gasteiger partial charge in [-0.15, -0.1) is 0 Å². The lowest BCUT2D eigenvalue weighted by molar-refractivity contribution is -0.121. The van der Waals surface area contributed by atoms with Crippen molar-refractivity contribution in [1.82, 2.24) is 20.1 Å². The van der Waals surface area contributed by atoms with Crippen LogP contribution in [0.3, 0.4) is 0 Å². The first-order chi connectivity index (χ1) is 13.5. The van der Waals surface area contributed by atoms with E-state index in [0.29, 0.717) is 30.2 Å². The summed E-state index contributed by atoms with van der Waals surface area (Å²) in [5, 5.41) is 9.80. The van der Waals surface area contributed by atoms with Gasteiger partial charge < -0.3 is 10.1 Å². The van der Waals surface area contributed by atoms with E-state index < -0.39 is 5.82 Å². The van der Waals surface area contributed by atoms with Gasteiger partial charge in [-0.05, 0) is 43.8 Å². The smallest absolute Gasteiger partial charge is 0.240 e. The quantitative estimate of drug-likeness (QED) is 0.447. The van der Waals surface area contributed by atoms with E-state index in [-0.39, 0.29) is 18.2 Å². The number of ether oxygens (including phenoxy) is 1. The Bertz CT molecular complexity index is 1020. The fraction of sp³-hybridized carbons (Fsp3) is 0.250. The van der Waals surface area contributed by atoms with Crippen LogP contribution in [0.1, 0.15) is 12.0 Å². The highest BCUT2D eigenvalue weighted by molar-refractivity contribution is 7.71. The molecule has 6 nitrogen and oxygen atoms in total. The number of aromatic amines is 1. The van der Waals surface area contributed by atoms with Crippen LogP contribution in [0.25, 0.3) is 11.4 Å². The monoisotopic (exact) mass is 400 g/mol. The highest BCUT2D eigenvalue weighted by Gasteiger charge is 2.12. The summed E-state index contributed by atoms with van der Waals surface area (Å²) in [6.45, 7) is 2.77. The number of carbonyl (C=O) groups excluding carboxylic acids is 1. The molecule has 3 aromatic rings. The van der Waals surface area contributed by atoms with Crippen molar-refractivity contribution in [2.45, 2.75) is 19.9 Å². The third-order valence-corrected chi connectivity index (χ3v) is 4.39. The number of hydrogen-bond acceptors (Lipinski definition) is 4. The van der Waals surface area contributed by atoms with E-state index in [1.165, 1.54) is 6.07 Å². The third-order valence-electron chi connectivity index (χ3n) is 4.07. The Morgan fingerprint density at radius 1 is 1.29 bits per heavy atom. The number of aryl methyl sites for hydroxylation is 1. The Kier molecular flexibility index (Phi) is 6.54. The number of para-hydroxylation sites is 1. The average molecular weight is 400 g/mol. The molecular weight excluding hydrogens is 379 g/mol. The van der Waals surface area contributed by atoms with Gasteiger partial charge in [0.25, 0.3) is 0 Å². The Balaban J connectivity index is 1.51. The molecule has 0 saturated heterocycles. The summed E-state index contributed by atoms with van der Waals surface area (Å²) in [7, 11) is 0. The second kappa shape index (κ2) is 9.27. The van der Waals surface area contributed by atoms with Crippen molar-refractivity contribution in [3.8, 4) is 17.1 Å². The minimum absolute atomic E-state index is 0.0623. The van der Waals surface area contributed by atoms with Gasteiger partial charge in [0.1, 0.15) is 6.54 Å². The summed E-state index contributed by atoms with van der Waals surface area (Å²) >= 11 is 5.25. The molecule has 0 fully saturated rings. The molecule has 1 aromatic heterocycles. The maximum Gasteiger partial charge on any atom is 0.240 e. The van der Waals surface area contributed by atoms with Gasteiger partial charge in [-0.25, -0.2) is 4.39 Å². The molecule has 1 amide bonds. The summed E-state index contributed by atoms with van der Waals surface area (Å²) < 4.78 is 20.9. The minimum Gasteiger partial charge on any atom is -0.490 e. The first-order valence-electron chi connectivity index (χ1n) is 8.91. The lowest BCUT2D eigenvalue weighted by atomic mass is 10.1. The number of hydrogen-bond donors (Lipinski definition) is 2. The van der Waals surface area contributed by atoms with E-state index in [4.69, 9.17) is 17.0 Å². The lowest BCUT2D eigenvalue weighted by Crippen LogP contribution is -2.29. The largest absolute Gasteiger partial charge is 0.490 e. The van der Waals surface area contributed by atoms with Crippen LogP contribution in [0.5, 0.6) is 5.75 Å².